The maximum absolute atomic E-state index is 12.4. The topological polar surface area (TPSA) is 38.0 Å². The van der Waals surface area contributed by atoms with Gasteiger partial charge in [-0.15, -0.1) is 0 Å². The van der Waals surface area contributed by atoms with E-state index in [4.69, 9.17) is 5.73 Å². The highest BCUT2D eigenvalue weighted by Crippen LogP contribution is 2.32. The number of hydrogen-bond acceptors (Lipinski definition) is 2. The van der Waals surface area contributed by atoms with Gasteiger partial charge in [0.1, 0.15) is 0 Å². The molecule has 0 aliphatic rings. The number of nitrogens with one attached hydrogen (secondary N) is 1. The SMILES string of the molecule is CNC(C)c1cc(N)cc(C(F)(F)F)c1. The Morgan fingerprint density at radius 1 is 1.27 bits per heavy atom. The molecule has 0 saturated heterocycles. The Kier molecular flexibility index (Phi) is 3.24. The smallest absolute Gasteiger partial charge is 0.399 e. The number of nitrogens with two attached hydrogens (primary N) is 1. The van der Waals surface area contributed by atoms with E-state index in [9.17, 15) is 13.2 Å². The number of anilines is 1. The minimum Gasteiger partial charge on any atom is -0.399 e. The third kappa shape index (κ3) is 2.86. The number of rotatable bonds is 2. The molecule has 0 radical (unpaired) electrons. The Balaban J connectivity index is 3.17. The predicted octanol–water partition coefficient (Wildman–Crippen LogP) is 2.57. The van der Waals surface area contributed by atoms with Gasteiger partial charge in [0.15, 0.2) is 0 Å². The molecule has 0 amide bonds. The molecule has 1 aromatic carbocycles. The molecule has 0 aromatic heterocycles. The van der Waals surface area contributed by atoms with Crippen molar-refractivity contribution < 1.29 is 13.2 Å². The highest BCUT2D eigenvalue weighted by atomic mass is 19.4. The van der Waals surface area contributed by atoms with E-state index < -0.39 is 11.7 Å². The Labute approximate surface area is 86.3 Å². The summed E-state index contributed by atoms with van der Waals surface area (Å²) in [6.45, 7) is 1.77. The van der Waals surface area contributed by atoms with Gasteiger partial charge >= 0.3 is 6.18 Å². The Morgan fingerprint density at radius 2 is 1.87 bits per heavy atom. The monoisotopic (exact) mass is 218 g/mol. The largest absolute Gasteiger partial charge is 0.416 e. The zero-order valence-electron chi connectivity index (χ0n) is 8.52. The summed E-state index contributed by atoms with van der Waals surface area (Å²) in [5.41, 5.74) is 5.37. The van der Waals surface area contributed by atoms with Crippen LogP contribution in [0.2, 0.25) is 0 Å². The van der Waals surface area contributed by atoms with Crippen LogP contribution in [-0.2, 0) is 6.18 Å². The molecular weight excluding hydrogens is 205 g/mol. The van der Waals surface area contributed by atoms with Crippen molar-refractivity contribution in [1.82, 2.24) is 5.32 Å². The molecule has 0 aliphatic carbocycles. The molecule has 0 saturated carbocycles. The standard InChI is InChI=1S/C10H13F3N2/c1-6(15-2)7-3-8(10(11,12)13)5-9(14)4-7/h3-6,15H,14H2,1-2H3. The number of halogens is 3. The van der Waals surface area contributed by atoms with Crippen LogP contribution in [0.15, 0.2) is 18.2 Å². The molecule has 0 fully saturated rings. The van der Waals surface area contributed by atoms with Crippen molar-refractivity contribution in [3.63, 3.8) is 0 Å². The second kappa shape index (κ2) is 4.10. The summed E-state index contributed by atoms with van der Waals surface area (Å²) in [5, 5.41) is 2.86. The summed E-state index contributed by atoms with van der Waals surface area (Å²) in [5.74, 6) is 0. The molecule has 84 valence electrons. The number of benzene rings is 1. The second-order valence-electron chi connectivity index (χ2n) is 3.40. The first-order valence-corrected chi connectivity index (χ1v) is 4.49. The van der Waals surface area contributed by atoms with Gasteiger partial charge in [0.05, 0.1) is 5.56 Å². The lowest BCUT2D eigenvalue weighted by atomic mass is 10.0. The average Bonchev–Trinajstić information content (AvgIpc) is 2.14. The lowest BCUT2D eigenvalue weighted by molar-refractivity contribution is -0.137. The van der Waals surface area contributed by atoms with Crippen molar-refractivity contribution in [2.45, 2.75) is 19.1 Å². The van der Waals surface area contributed by atoms with Gasteiger partial charge in [0, 0.05) is 11.7 Å². The highest BCUT2D eigenvalue weighted by molar-refractivity contribution is 5.46. The molecule has 1 aromatic rings. The Bertz CT molecular complexity index is 347. The van der Waals surface area contributed by atoms with Crippen molar-refractivity contribution in [2.24, 2.45) is 0 Å². The fourth-order valence-electron chi connectivity index (χ4n) is 1.26. The lowest BCUT2D eigenvalue weighted by Gasteiger charge is -2.14. The van der Waals surface area contributed by atoms with Crippen LogP contribution in [0.4, 0.5) is 18.9 Å². The molecule has 1 rings (SSSR count). The normalized spacial score (nSPS) is 13.9. The Hall–Kier alpha value is -1.23. The number of hydrogen-bond donors (Lipinski definition) is 2. The molecule has 3 N–H and O–H groups in total. The molecule has 1 unspecified atom stereocenters. The summed E-state index contributed by atoms with van der Waals surface area (Å²) >= 11 is 0. The van der Waals surface area contributed by atoms with Crippen molar-refractivity contribution in [2.75, 3.05) is 12.8 Å². The van der Waals surface area contributed by atoms with Crippen LogP contribution in [0.5, 0.6) is 0 Å². The van der Waals surface area contributed by atoms with E-state index >= 15 is 0 Å². The van der Waals surface area contributed by atoms with Gasteiger partial charge in [-0.25, -0.2) is 0 Å². The zero-order chi connectivity index (χ0) is 11.6. The van der Waals surface area contributed by atoms with Crippen molar-refractivity contribution in [1.29, 1.82) is 0 Å². The fraction of sp³-hybridized carbons (Fsp3) is 0.400. The van der Waals surface area contributed by atoms with Crippen LogP contribution < -0.4 is 11.1 Å². The predicted molar refractivity (Wildman–Crippen MR) is 53.3 cm³/mol. The van der Waals surface area contributed by atoms with Gasteiger partial charge in [-0.05, 0) is 37.7 Å². The van der Waals surface area contributed by atoms with E-state index in [2.05, 4.69) is 5.32 Å². The van der Waals surface area contributed by atoms with Crippen LogP contribution in [-0.4, -0.2) is 7.05 Å². The highest BCUT2D eigenvalue weighted by Gasteiger charge is 2.31. The molecule has 0 aliphatic heterocycles. The average molecular weight is 218 g/mol. The first kappa shape index (κ1) is 11.8. The molecule has 0 bridgehead atoms. The van der Waals surface area contributed by atoms with E-state index in [1.54, 1.807) is 14.0 Å². The summed E-state index contributed by atoms with van der Waals surface area (Å²) < 4.78 is 37.3. The number of nitrogen functional groups attached to an aromatic ring is 1. The molecular formula is C10H13F3N2. The summed E-state index contributed by atoms with van der Waals surface area (Å²) in [4.78, 5) is 0. The van der Waals surface area contributed by atoms with Gasteiger partial charge < -0.3 is 11.1 Å². The minimum atomic E-state index is -4.35. The zero-order valence-corrected chi connectivity index (χ0v) is 8.52. The molecule has 2 nitrogen and oxygen atoms in total. The van der Waals surface area contributed by atoms with E-state index in [0.717, 1.165) is 12.1 Å². The minimum absolute atomic E-state index is 0.127. The third-order valence-corrected chi connectivity index (χ3v) is 2.24. The first-order chi connectivity index (χ1) is 6.84. The van der Waals surface area contributed by atoms with Crippen molar-refractivity contribution in [3.8, 4) is 0 Å². The third-order valence-electron chi connectivity index (χ3n) is 2.24. The maximum atomic E-state index is 12.4. The van der Waals surface area contributed by atoms with Crippen LogP contribution in [0, 0.1) is 0 Å². The molecule has 5 heteroatoms. The van der Waals surface area contributed by atoms with Crippen molar-refractivity contribution in [3.05, 3.63) is 29.3 Å². The van der Waals surface area contributed by atoms with E-state index in [-0.39, 0.29) is 11.7 Å². The fourth-order valence-corrected chi connectivity index (χ4v) is 1.26. The summed E-state index contributed by atoms with van der Waals surface area (Å²) in [6.07, 6.45) is -4.35. The quantitative estimate of drug-likeness (QED) is 0.749. The van der Waals surface area contributed by atoms with Crippen LogP contribution in [0.1, 0.15) is 24.1 Å². The summed E-state index contributed by atoms with van der Waals surface area (Å²) in [6, 6.07) is 3.43. The molecule has 0 spiro atoms. The first-order valence-electron chi connectivity index (χ1n) is 4.49. The second-order valence-corrected chi connectivity index (χ2v) is 3.40. The lowest BCUT2D eigenvalue weighted by Crippen LogP contribution is -2.14. The molecule has 1 atom stereocenters. The van der Waals surface area contributed by atoms with Crippen LogP contribution in [0.25, 0.3) is 0 Å². The van der Waals surface area contributed by atoms with Gasteiger partial charge in [0.25, 0.3) is 0 Å². The van der Waals surface area contributed by atoms with Crippen molar-refractivity contribution >= 4 is 5.69 Å². The maximum Gasteiger partial charge on any atom is 0.416 e. The van der Waals surface area contributed by atoms with Gasteiger partial charge in [-0.2, -0.15) is 13.2 Å². The van der Waals surface area contributed by atoms with Gasteiger partial charge in [0.2, 0.25) is 0 Å². The molecule has 15 heavy (non-hydrogen) atoms. The van der Waals surface area contributed by atoms with E-state index in [1.165, 1.54) is 6.07 Å². The van der Waals surface area contributed by atoms with Crippen LogP contribution in [0.3, 0.4) is 0 Å². The van der Waals surface area contributed by atoms with Gasteiger partial charge in [-0.3, -0.25) is 0 Å². The van der Waals surface area contributed by atoms with E-state index in [0.29, 0.717) is 5.56 Å². The van der Waals surface area contributed by atoms with E-state index in [1.807, 2.05) is 0 Å². The van der Waals surface area contributed by atoms with Crippen LogP contribution >= 0.6 is 0 Å². The van der Waals surface area contributed by atoms with Gasteiger partial charge in [-0.1, -0.05) is 0 Å². The summed E-state index contributed by atoms with van der Waals surface area (Å²) in [7, 11) is 1.68. The number of alkyl halides is 3. The molecule has 0 heterocycles. The Morgan fingerprint density at radius 3 is 2.33 bits per heavy atom.